The number of carbonyl (C=O) groups excluding carboxylic acids is 1. The van der Waals surface area contributed by atoms with E-state index in [2.05, 4.69) is 52.1 Å². The average Bonchev–Trinajstić information content (AvgIpc) is 2.78. The minimum Gasteiger partial charge on any atom is -0.496 e. The van der Waals surface area contributed by atoms with Crippen molar-refractivity contribution in [2.75, 3.05) is 12.4 Å². The van der Waals surface area contributed by atoms with Gasteiger partial charge in [-0.15, -0.1) is 0 Å². The van der Waals surface area contributed by atoms with Crippen molar-refractivity contribution in [3.8, 4) is 22.9 Å². The number of nitrogens with one attached hydrogen (secondary N) is 1. The fraction of sp³-hybridized carbons (Fsp3) is 0.357. The Labute approximate surface area is 191 Å². The van der Waals surface area contributed by atoms with Crippen molar-refractivity contribution in [2.45, 2.75) is 59.8 Å². The molecule has 4 nitrogen and oxygen atoms in total. The number of fused-ring (bicyclic) bond motifs is 1. The van der Waals surface area contributed by atoms with Gasteiger partial charge in [0, 0.05) is 17.4 Å². The lowest BCUT2D eigenvalue weighted by Crippen LogP contribution is -2.13. The van der Waals surface area contributed by atoms with Crippen molar-refractivity contribution in [1.29, 1.82) is 5.26 Å². The lowest BCUT2D eigenvalue weighted by molar-refractivity contribution is -0.115. The Balaban J connectivity index is 2.65. The number of hydrogen-bond donors (Lipinski definition) is 1. The van der Waals surface area contributed by atoms with Crippen LogP contribution in [0.2, 0.25) is 0 Å². The summed E-state index contributed by atoms with van der Waals surface area (Å²) in [7, 11) is 1.68. The molecule has 3 aromatic carbocycles. The molecule has 166 valence electrons. The van der Waals surface area contributed by atoms with Crippen molar-refractivity contribution in [1.82, 2.24) is 0 Å². The van der Waals surface area contributed by atoms with Crippen LogP contribution in [0.15, 0.2) is 36.4 Å². The maximum atomic E-state index is 12.5. The second-order valence-electron chi connectivity index (χ2n) is 8.76. The van der Waals surface area contributed by atoms with E-state index in [1.54, 1.807) is 7.11 Å². The molecule has 0 saturated heterocycles. The van der Waals surface area contributed by atoms with Crippen LogP contribution in [-0.2, 0) is 4.79 Å². The van der Waals surface area contributed by atoms with Crippen LogP contribution in [0.5, 0.6) is 5.75 Å². The molecule has 1 amide bonds. The zero-order valence-corrected chi connectivity index (χ0v) is 20.1. The molecule has 0 unspecified atom stereocenters. The number of methoxy groups -OCH3 is 1. The van der Waals surface area contributed by atoms with Gasteiger partial charge in [-0.05, 0) is 58.5 Å². The standard InChI is InChI=1S/C28H32N2O2/c1-8-23(31)30-28-18(6)26(20-11-9-10-12-22(20)32-7)25(17(4)5)27-21(28)14-13-19(15-29)24(27)16(2)3/h9-14,16-17H,8H2,1-7H3,(H,30,31). The summed E-state index contributed by atoms with van der Waals surface area (Å²) in [6.45, 7) is 12.5. The van der Waals surface area contributed by atoms with Gasteiger partial charge >= 0.3 is 0 Å². The van der Waals surface area contributed by atoms with E-state index < -0.39 is 0 Å². The summed E-state index contributed by atoms with van der Waals surface area (Å²) in [6.07, 6.45) is 0.393. The number of para-hydroxylation sites is 1. The Kier molecular flexibility index (Phi) is 6.89. The molecule has 0 aromatic heterocycles. The molecule has 3 rings (SSSR count). The predicted molar refractivity (Wildman–Crippen MR) is 132 cm³/mol. The van der Waals surface area contributed by atoms with Gasteiger partial charge in [-0.1, -0.05) is 58.9 Å². The van der Waals surface area contributed by atoms with E-state index in [0.717, 1.165) is 44.5 Å². The molecule has 0 bridgehead atoms. The largest absolute Gasteiger partial charge is 0.496 e. The van der Waals surface area contributed by atoms with Gasteiger partial charge in [0.05, 0.1) is 24.4 Å². The minimum atomic E-state index is -0.0341. The monoisotopic (exact) mass is 428 g/mol. The number of rotatable bonds is 6. The zero-order chi connectivity index (χ0) is 23.6. The fourth-order valence-corrected chi connectivity index (χ4v) is 4.63. The first-order chi connectivity index (χ1) is 15.3. The number of amides is 1. The quantitative estimate of drug-likeness (QED) is 0.448. The molecule has 0 aliphatic rings. The number of benzene rings is 3. The average molecular weight is 429 g/mol. The topological polar surface area (TPSA) is 62.1 Å². The number of ether oxygens (including phenoxy) is 1. The molecule has 0 aliphatic heterocycles. The normalized spacial score (nSPS) is 11.1. The van der Waals surface area contributed by atoms with E-state index in [0.29, 0.717) is 12.0 Å². The van der Waals surface area contributed by atoms with Gasteiger partial charge in [-0.3, -0.25) is 4.79 Å². The molecule has 3 aromatic rings. The van der Waals surface area contributed by atoms with Crippen LogP contribution in [0.4, 0.5) is 5.69 Å². The lowest BCUT2D eigenvalue weighted by atomic mass is 9.79. The van der Waals surface area contributed by atoms with E-state index in [1.807, 2.05) is 37.3 Å². The molecule has 0 atom stereocenters. The first kappa shape index (κ1) is 23.3. The molecule has 0 aliphatic carbocycles. The highest BCUT2D eigenvalue weighted by Gasteiger charge is 2.26. The summed E-state index contributed by atoms with van der Waals surface area (Å²) in [5.74, 6) is 1.09. The van der Waals surface area contributed by atoms with Gasteiger partial charge in [0.25, 0.3) is 0 Å². The van der Waals surface area contributed by atoms with Crippen LogP contribution in [-0.4, -0.2) is 13.0 Å². The smallest absolute Gasteiger partial charge is 0.224 e. The Morgan fingerprint density at radius 1 is 1.06 bits per heavy atom. The van der Waals surface area contributed by atoms with Crippen LogP contribution in [0, 0.1) is 18.3 Å². The minimum absolute atomic E-state index is 0.0341. The van der Waals surface area contributed by atoms with Crippen LogP contribution in [0.1, 0.15) is 75.1 Å². The van der Waals surface area contributed by atoms with E-state index in [9.17, 15) is 10.1 Å². The molecule has 0 saturated carbocycles. The molecule has 0 radical (unpaired) electrons. The van der Waals surface area contributed by atoms with Gasteiger partial charge < -0.3 is 10.1 Å². The summed E-state index contributed by atoms with van der Waals surface area (Å²) in [6, 6.07) is 14.2. The van der Waals surface area contributed by atoms with Crippen molar-refractivity contribution in [3.05, 3.63) is 58.7 Å². The van der Waals surface area contributed by atoms with Crippen LogP contribution < -0.4 is 10.1 Å². The third kappa shape index (κ3) is 3.96. The third-order valence-corrected chi connectivity index (χ3v) is 6.04. The predicted octanol–water partition coefficient (Wildman–Crippen LogP) is 7.29. The maximum Gasteiger partial charge on any atom is 0.224 e. The first-order valence-electron chi connectivity index (χ1n) is 11.2. The summed E-state index contributed by atoms with van der Waals surface area (Å²) >= 11 is 0. The molecular formula is C28H32N2O2. The van der Waals surface area contributed by atoms with Gasteiger partial charge in [-0.2, -0.15) is 5.26 Å². The van der Waals surface area contributed by atoms with E-state index in [1.165, 1.54) is 5.56 Å². The second-order valence-corrected chi connectivity index (χ2v) is 8.76. The first-order valence-corrected chi connectivity index (χ1v) is 11.2. The van der Waals surface area contributed by atoms with Crippen molar-refractivity contribution >= 4 is 22.4 Å². The zero-order valence-electron chi connectivity index (χ0n) is 20.1. The van der Waals surface area contributed by atoms with Crippen molar-refractivity contribution in [2.24, 2.45) is 0 Å². The highest BCUT2D eigenvalue weighted by Crippen LogP contribution is 2.48. The Morgan fingerprint density at radius 2 is 1.72 bits per heavy atom. The molecule has 32 heavy (non-hydrogen) atoms. The number of carbonyl (C=O) groups is 1. The molecule has 0 spiro atoms. The lowest BCUT2D eigenvalue weighted by Gasteiger charge is -2.27. The van der Waals surface area contributed by atoms with Crippen LogP contribution >= 0.6 is 0 Å². The van der Waals surface area contributed by atoms with Gasteiger partial charge in [0.1, 0.15) is 5.75 Å². The summed E-state index contributed by atoms with van der Waals surface area (Å²) in [5.41, 5.74) is 6.75. The SMILES string of the molecule is CCC(=O)Nc1c(C)c(-c2ccccc2OC)c(C(C)C)c2c(C(C)C)c(C#N)ccc12. The van der Waals surface area contributed by atoms with Crippen LogP contribution in [0.25, 0.3) is 21.9 Å². The Bertz CT molecular complexity index is 1220. The fourth-order valence-electron chi connectivity index (χ4n) is 4.63. The molecule has 1 N–H and O–H groups in total. The van der Waals surface area contributed by atoms with Gasteiger partial charge in [0.2, 0.25) is 5.91 Å². The van der Waals surface area contributed by atoms with Gasteiger partial charge in [0.15, 0.2) is 0 Å². The van der Waals surface area contributed by atoms with E-state index >= 15 is 0 Å². The molecule has 4 heteroatoms. The number of nitriles is 1. The molecular weight excluding hydrogens is 396 g/mol. The van der Waals surface area contributed by atoms with E-state index in [-0.39, 0.29) is 17.7 Å². The number of nitrogens with zero attached hydrogens (tertiary/aromatic N) is 1. The van der Waals surface area contributed by atoms with Gasteiger partial charge in [-0.25, -0.2) is 0 Å². The maximum absolute atomic E-state index is 12.5. The molecule has 0 heterocycles. The second kappa shape index (κ2) is 9.44. The van der Waals surface area contributed by atoms with Crippen molar-refractivity contribution < 1.29 is 9.53 Å². The highest BCUT2D eigenvalue weighted by atomic mass is 16.5. The van der Waals surface area contributed by atoms with E-state index in [4.69, 9.17) is 4.74 Å². The van der Waals surface area contributed by atoms with Crippen LogP contribution in [0.3, 0.4) is 0 Å². The summed E-state index contributed by atoms with van der Waals surface area (Å²) in [4.78, 5) is 12.5. The van der Waals surface area contributed by atoms with Crippen molar-refractivity contribution in [3.63, 3.8) is 0 Å². The summed E-state index contributed by atoms with van der Waals surface area (Å²) in [5, 5.41) is 15.1. The Hall–Kier alpha value is -3.32. The Morgan fingerprint density at radius 3 is 2.28 bits per heavy atom. The highest BCUT2D eigenvalue weighted by molar-refractivity contribution is 6.10. The third-order valence-electron chi connectivity index (χ3n) is 6.04. The number of hydrogen-bond acceptors (Lipinski definition) is 3. The number of anilines is 1. The summed E-state index contributed by atoms with van der Waals surface area (Å²) < 4.78 is 5.73. The molecule has 0 fully saturated rings.